The Morgan fingerprint density at radius 3 is 2.68 bits per heavy atom. The van der Waals surface area contributed by atoms with E-state index in [2.05, 4.69) is 17.0 Å². The molecule has 0 bridgehead atoms. The van der Waals surface area contributed by atoms with Crippen molar-refractivity contribution < 1.29 is 4.79 Å². The summed E-state index contributed by atoms with van der Waals surface area (Å²) in [5.41, 5.74) is 9.72. The predicted octanol–water partition coefficient (Wildman–Crippen LogP) is 1.42. The lowest BCUT2D eigenvalue weighted by Crippen LogP contribution is -2.48. The molecule has 1 fully saturated rings. The molecule has 1 heterocycles. The Kier molecular flexibility index (Phi) is 3.19. The van der Waals surface area contributed by atoms with Crippen LogP contribution in [0.4, 0.5) is 5.69 Å². The largest absolute Gasteiger partial charge is 0.398 e. The summed E-state index contributed by atoms with van der Waals surface area (Å²) >= 11 is 0. The molecule has 3 rings (SSSR count). The van der Waals surface area contributed by atoms with E-state index in [0.717, 1.165) is 44.7 Å². The van der Waals surface area contributed by atoms with Gasteiger partial charge in [-0.1, -0.05) is 12.1 Å². The third-order valence-corrected chi connectivity index (χ3v) is 4.48. The van der Waals surface area contributed by atoms with Crippen molar-refractivity contribution in [3.8, 4) is 0 Å². The Labute approximate surface area is 114 Å². The monoisotopic (exact) mass is 259 g/mol. The summed E-state index contributed by atoms with van der Waals surface area (Å²) in [6.07, 6.45) is 2.24. The van der Waals surface area contributed by atoms with Crippen LogP contribution in [0.1, 0.15) is 30.5 Å². The molecule has 1 aromatic rings. The molecule has 102 valence electrons. The maximum absolute atomic E-state index is 11.4. The summed E-state index contributed by atoms with van der Waals surface area (Å²) in [4.78, 5) is 15.8. The number of hydrogen-bond donors (Lipinski definition) is 1. The smallest absolute Gasteiger partial charge is 0.219 e. The van der Waals surface area contributed by atoms with Gasteiger partial charge in [0.2, 0.25) is 5.91 Å². The fourth-order valence-electron chi connectivity index (χ4n) is 3.39. The van der Waals surface area contributed by atoms with Gasteiger partial charge in [-0.05, 0) is 30.0 Å². The lowest BCUT2D eigenvalue weighted by Gasteiger charge is -2.38. The van der Waals surface area contributed by atoms with Crippen molar-refractivity contribution in [2.24, 2.45) is 0 Å². The number of nitrogens with zero attached hydrogens (tertiary/aromatic N) is 2. The lowest BCUT2D eigenvalue weighted by molar-refractivity contribution is -0.130. The topological polar surface area (TPSA) is 49.6 Å². The van der Waals surface area contributed by atoms with Gasteiger partial charge in [0, 0.05) is 44.8 Å². The summed E-state index contributed by atoms with van der Waals surface area (Å²) in [6, 6.07) is 6.75. The summed E-state index contributed by atoms with van der Waals surface area (Å²) < 4.78 is 0. The lowest BCUT2D eigenvalue weighted by atomic mass is 10.0. The summed E-state index contributed by atoms with van der Waals surface area (Å²) in [5.74, 6) is 0.190. The zero-order valence-corrected chi connectivity index (χ0v) is 11.4. The zero-order valence-electron chi connectivity index (χ0n) is 11.4. The van der Waals surface area contributed by atoms with Gasteiger partial charge in [0.1, 0.15) is 0 Å². The number of benzene rings is 1. The molecular weight excluding hydrogens is 238 g/mol. The maximum atomic E-state index is 11.4. The molecule has 1 saturated heterocycles. The van der Waals surface area contributed by atoms with Gasteiger partial charge < -0.3 is 10.6 Å². The van der Waals surface area contributed by atoms with E-state index < -0.39 is 0 Å². The molecule has 1 amide bonds. The van der Waals surface area contributed by atoms with Crippen molar-refractivity contribution >= 4 is 11.6 Å². The Morgan fingerprint density at radius 1 is 1.26 bits per heavy atom. The van der Waals surface area contributed by atoms with Gasteiger partial charge in [0.25, 0.3) is 0 Å². The van der Waals surface area contributed by atoms with E-state index >= 15 is 0 Å². The van der Waals surface area contributed by atoms with E-state index in [0.29, 0.717) is 6.04 Å². The molecular formula is C15H21N3O. The second-order valence-electron chi connectivity index (χ2n) is 5.51. The van der Waals surface area contributed by atoms with E-state index in [1.165, 1.54) is 11.1 Å². The second-order valence-corrected chi connectivity index (χ2v) is 5.51. The normalized spacial score (nSPS) is 23.4. The first-order chi connectivity index (χ1) is 9.16. The van der Waals surface area contributed by atoms with E-state index in [9.17, 15) is 4.79 Å². The van der Waals surface area contributed by atoms with Gasteiger partial charge in [0.15, 0.2) is 0 Å². The maximum Gasteiger partial charge on any atom is 0.219 e. The van der Waals surface area contributed by atoms with Gasteiger partial charge >= 0.3 is 0 Å². The number of piperazine rings is 1. The molecule has 4 heteroatoms. The molecule has 0 aromatic heterocycles. The van der Waals surface area contributed by atoms with E-state index in [-0.39, 0.29) is 5.91 Å². The number of nitrogens with two attached hydrogens (primary N) is 1. The highest BCUT2D eigenvalue weighted by molar-refractivity contribution is 5.73. The number of fused-ring (bicyclic) bond motifs is 1. The van der Waals surface area contributed by atoms with Crippen LogP contribution in [0.15, 0.2) is 18.2 Å². The SMILES string of the molecule is CC(=O)N1CCN(C2CCc3c(N)cccc32)CC1. The minimum atomic E-state index is 0.190. The number of anilines is 1. The summed E-state index contributed by atoms with van der Waals surface area (Å²) in [5, 5.41) is 0. The molecule has 0 radical (unpaired) electrons. The minimum Gasteiger partial charge on any atom is -0.398 e. The third-order valence-electron chi connectivity index (χ3n) is 4.48. The molecule has 2 aliphatic rings. The average Bonchev–Trinajstić information content (AvgIpc) is 2.84. The first kappa shape index (κ1) is 12.5. The second kappa shape index (κ2) is 4.85. The average molecular weight is 259 g/mol. The molecule has 0 spiro atoms. The van der Waals surface area contributed by atoms with Crippen LogP contribution in [0, 0.1) is 0 Å². The number of hydrogen-bond acceptors (Lipinski definition) is 3. The highest BCUT2D eigenvalue weighted by Gasteiger charge is 2.31. The van der Waals surface area contributed by atoms with Crippen LogP contribution in [0.2, 0.25) is 0 Å². The first-order valence-electron chi connectivity index (χ1n) is 7.03. The van der Waals surface area contributed by atoms with Crippen LogP contribution in [0.25, 0.3) is 0 Å². The van der Waals surface area contributed by atoms with E-state index in [1.54, 1.807) is 6.92 Å². The van der Waals surface area contributed by atoms with Gasteiger partial charge in [-0.25, -0.2) is 0 Å². The molecule has 4 nitrogen and oxygen atoms in total. The fourth-order valence-corrected chi connectivity index (χ4v) is 3.39. The van der Waals surface area contributed by atoms with Crippen molar-refractivity contribution in [3.05, 3.63) is 29.3 Å². The van der Waals surface area contributed by atoms with Crippen molar-refractivity contribution in [1.29, 1.82) is 0 Å². The van der Waals surface area contributed by atoms with Gasteiger partial charge in [-0.15, -0.1) is 0 Å². The molecule has 0 saturated carbocycles. The molecule has 1 unspecified atom stereocenters. The Morgan fingerprint density at radius 2 is 2.00 bits per heavy atom. The van der Waals surface area contributed by atoms with Crippen LogP contribution >= 0.6 is 0 Å². The molecule has 19 heavy (non-hydrogen) atoms. The Balaban J connectivity index is 1.73. The van der Waals surface area contributed by atoms with Gasteiger partial charge in [-0.3, -0.25) is 9.69 Å². The van der Waals surface area contributed by atoms with Crippen LogP contribution in [-0.4, -0.2) is 41.9 Å². The van der Waals surface area contributed by atoms with Crippen LogP contribution in [0.3, 0.4) is 0 Å². The number of amides is 1. The number of nitrogen functional groups attached to an aromatic ring is 1. The van der Waals surface area contributed by atoms with Crippen molar-refractivity contribution in [2.45, 2.75) is 25.8 Å². The van der Waals surface area contributed by atoms with Crippen LogP contribution in [0.5, 0.6) is 0 Å². The Hall–Kier alpha value is -1.55. The molecule has 2 N–H and O–H groups in total. The highest BCUT2D eigenvalue weighted by atomic mass is 16.2. The van der Waals surface area contributed by atoms with E-state index in [1.807, 2.05) is 11.0 Å². The van der Waals surface area contributed by atoms with Crippen LogP contribution in [-0.2, 0) is 11.2 Å². The fraction of sp³-hybridized carbons (Fsp3) is 0.533. The third kappa shape index (κ3) is 2.21. The molecule has 1 aromatic carbocycles. The summed E-state index contributed by atoms with van der Waals surface area (Å²) in [7, 11) is 0. The number of carbonyl (C=O) groups excluding carboxylic acids is 1. The van der Waals surface area contributed by atoms with E-state index in [4.69, 9.17) is 5.73 Å². The zero-order chi connectivity index (χ0) is 13.4. The van der Waals surface area contributed by atoms with Crippen molar-refractivity contribution in [2.75, 3.05) is 31.9 Å². The number of rotatable bonds is 1. The number of carbonyl (C=O) groups is 1. The van der Waals surface area contributed by atoms with Gasteiger partial charge in [0.05, 0.1) is 0 Å². The van der Waals surface area contributed by atoms with Crippen molar-refractivity contribution in [3.63, 3.8) is 0 Å². The quantitative estimate of drug-likeness (QED) is 0.776. The molecule has 1 aliphatic heterocycles. The summed E-state index contributed by atoms with van der Waals surface area (Å²) in [6.45, 7) is 5.30. The first-order valence-corrected chi connectivity index (χ1v) is 7.03. The predicted molar refractivity (Wildman–Crippen MR) is 75.7 cm³/mol. The van der Waals surface area contributed by atoms with Crippen LogP contribution < -0.4 is 5.73 Å². The highest BCUT2D eigenvalue weighted by Crippen LogP contribution is 2.38. The standard InChI is InChI=1S/C15H21N3O/c1-11(19)17-7-9-18(10-8-17)15-6-5-12-13(15)3-2-4-14(12)16/h2-4,15H,5-10,16H2,1H3. The Bertz CT molecular complexity index is 492. The van der Waals surface area contributed by atoms with Gasteiger partial charge in [-0.2, -0.15) is 0 Å². The van der Waals surface area contributed by atoms with Crippen molar-refractivity contribution in [1.82, 2.24) is 9.80 Å². The molecule has 1 aliphatic carbocycles. The minimum absolute atomic E-state index is 0.190. The molecule has 1 atom stereocenters.